The van der Waals surface area contributed by atoms with Crippen LogP contribution in [0.3, 0.4) is 0 Å². The van der Waals surface area contributed by atoms with Gasteiger partial charge in [0.05, 0.1) is 6.61 Å². The van der Waals surface area contributed by atoms with Crippen molar-refractivity contribution < 1.29 is 9.53 Å². The molecule has 0 spiro atoms. The molecule has 0 fully saturated rings. The van der Waals surface area contributed by atoms with Crippen molar-refractivity contribution in [2.75, 3.05) is 11.9 Å². The fourth-order valence-corrected chi connectivity index (χ4v) is 2.38. The van der Waals surface area contributed by atoms with Crippen LogP contribution in [0.1, 0.15) is 19.9 Å². The fourth-order valence-electron chi connectivity index (χ4n) is 2.38. The Bertz CT molecular complexity index is 932. The standard InChI is InChI=1S/C18H19N5O3/c1-3-26-15-7-5-14(6-8-15)20-18(25)13(2)23-17(24)10-9-16(21-23)22-12-4-11-19-22/h4-13H,3H2,1-2H3,(H,20,25). The number of hydrogen-bond donors (Lipinski definition) is 1. The van der Waals surface area contributed by atoms with Crippen LogP contribution in [0.2, 0.25) is 0 Å². The molecule has 0 aliphatic heterocycles. The van der Waals surface area contributed by atoms with Gasteiger partial charge in [0.15, 0.2) is 5.82 Å². The molecule has 26 heavy (non-hydrogen) atoms. The quantitative estimate of drug-likeness (QED) is 0.732. The summed E-state index contributed by atoms with van der Waals surface area (Å²) in [6.07, 6.45) is 3.32. The van der Waals surface area contributed by atoms with Gasteiger partial charge < -0.3 is 10.1 Å². The van der Waals surface area contributed by atoms with Gasteiger partial charge in [0, 0.05) is 24.1 Å². The number of amides is 1. The highest BCUT2D eigenvalue weighted by atomic mass is 16.5. The topological polar surface area (TPSA) is 91.0 Å². The van der Waals surface area contributed by atoms with Gasteiger partial charge in [-0.05, 0) is 50.2 Å². The van der Waals surface area contributed by atoms with Crippen molar-refractivity contribution in [2.24, 2.45) is 0 Å². The first-order valence-electron chi connectivity index (χ1n) is 8.22. The minimum absolute atomic E-state index is 0.346. The van der Waals surface area contributed by atoms with E-state index in [1.54, 1.807) is 55.7 Å². The molecule has 2 heterocycles. The molecule has 1 amide bonds. The lowest BCUT2D eigenvalue weighted by atomic mass is 10.2. The van der Waals surface area contributed by atoms with E-state index in [2.05, 4.69) is 15.5 Å². The van der Waals surface area contributed by atoms with Crippen molar-refractivity contribution in [1.29, 1.82) is 0 Å². The first-order valence-corrected chi connectivity index (χ1v) is 8.22. The number of carbonyl (C=O) groups is 1. The van der Waals surface area contributed by atoms with Crippen molar-refractivity contribution in [3.05, 3.63) is 65.2 Å². The van der Waals surface area contributed by atoms with Gasteiger partial charge in [-0.15, -0.1) is 5.10 Å². The number of benzene rings is 1. The maximum absolute atomic E-state index is 12.5. The lowest BCUT2D eigenvalue weighted by molar-refractivity contribution is -0.119. The molecule has 8 nitrogen and oxygen atoms in total. The molecule has 8 heteroatoms. The molecule has 0 radical (unpaired) electrons. The molecule has 1 unspecified atom stereocenters. The van der Waals surface area contributed by atoms with Gasteiger partial charge in [-0.25, -0.2) is 9.36 Å². The van der Waals surface area contributed by atoms with E-state index >= 15 is 0 Å². The summed E-state index contributed by atoms with van der Waals surface area (Å²) in [6, 6.07) is 10.9. The fraction of sp³-hybridized carbons (Fsp3) is 0.222. The highest BCUT2D eigenvalue weighted by Gasteiger charge is 2.18. The number of nitrogens with zero attached hydrogens (tertiary/aromatic N) is 4. The number of carbonyl (C=O) groups excluding carboxylic acids is 1. The Morgan fingerprint density at radius 2 is 2.00 bits per heavy atom. The zero-order chi connectivity index (χ0) is 18.5. The zero-order valence-electron chi connectivity index (χ0n) is 14.5. The van der Waals surface area contributed by atoms with Gasteiger partial charge in [-0.1, -0.05) is 0 Å². The molecule has 1 aromatic carbocycles. The molecule has 3 rings (SSSR count). The predicted molar refractivity (Wildman–Crippen MR) is 96.6 cm³/mol. The second-order valence-corrected chi connectivity index (χ2v) is 5.55. The summed E-state index contributed by atoms with van der Waals surface area (Å²) in [7, 11) is 0. The van der Waals surface area contributed by atoms with Crippen molar-refractivity contribution in [3.63, 3.8) is 0 Å². The number of aromatic nitrogens is 4. The van der Waals surface area contributed by atoms with E-state index in [1.165, 1.54) is 10.7 Å². The Kier molecular flexibility index (Phi) is 5.12. The maximum atomic E-state index is 12.5. The van der Waals surface area contributed by atoms with Gasteiger partial charge >= 0.3 is 0 Å². The van der Waals surface area contributed by atoms with Crippen molar-refractivity contribution in [3.8, 4) is 11.6 Å². The maximum Gasteiger partial charge on any atom is 0.267 e. The van der Waals surface area contributed by atoms with Gasteiger partial charge in [-0.2, -0.15) is 5.10 Å². The van der Waals surface area contributed by atoms with E-state index < -0.39 is 6.04 Å². The molecular weight excluding hydrogens is 334 g/mol. The third-order valence-corrected chi connectivity index (χ3v) is 3.73. The summed E-state index contributed by atoms with van der Waals surface area (Å²) in [5, 5.41) is 11.1. The number of rotatable bonds is 6. The predicted octanol–water partition coefficient (Wildman–Crippen LogP) is 2.03. The van der Waals surface area contributed by atoms with Crippen LogP contribution in [0, 0.1) is 0 Å². The van der Waals surface area contributed by atoms with Gasteiger partial charge in [0.25, 0.3) is 5.56 Å². The summed E-state index contributed by atoms with van der Waals surface area (Å²) in [5.41, 5.74) is 0.247. The monoisotopic (exact) mass is 353 g/mol. The summed E-state index contributed by atoms with van der Waals surface area (Å²) >= 11 is 0. The van der Waals surface area contributed by atoms with Crippen LogP contribution < -0.4 is 15.6 Å². The van der Waals surface area contributed by atoms with Crippen molar-refractivity contribution >= 4 is 11.6 Å². The molecule has 0 saturated heterocycles. The summed E-state index contributed by atoms with van der Waals surface area (Å²) in [6.45, 7) is 4.09. The lowest BCUT2D eigenvalue weighted by Gasteiger charge is -2.15. The Hall–Kier alpha value is -3.42. The van der Waals surface area contributed by atoms with Crippen LogP contribution in [0.5, 0.6) is 5.75 Å². The smallest absolute Gasteiger partial charge is 0.267 e. The SMILES string of the molecule is CCOc1ccc(NC(=O)C(C)n2nc(-n3cccn3)ccc2=O)cc1. The van der Waals surface area contributed by atoms with E-state index in [1.807, 2.05) is 6.92 Å². The number of nitrogens with one attached hydrogen (secondary N) is 1. The first kappa shape index (κ1) is 17.4. The number of anilines is 1. The summed E-state index contributed by atoms with van der Waals surface area (Å²) < 4.78 is 8.03. The van der Waals surface area contributed by atoms with Crippen molar-refractivity contribution in [2.45, 2.75) is 19.9 Å². The number of ether oxygens (including phenoxy) is 1. The van der Waals surface area contributed by atoms with E-state index in [0.29, 0.717) is 18.1 Å². The highest BCUT2D eigenvalue weighted by molar-refractivity contribution is 5.93. The minimum atomic E-state index is -0.787. The average Bonchev–Trinajstić information content (AvgIpc) is 3.18. The first-order chi connectivity index (χ1) is 12.6. The van der Waals surface area contributed by atoms with E-state index in [9.17, 15) is 9.59 Å². The largest absolute Gasteiger partial charge is 0.494 e. The van der Waals surface area contributed by atoms with Crippen LogP contribution in [0.4, 0.5) is 5.69 Å². The van der Waals surface area contributed by atoms with Crippen LogP contribution in [-0.4, -0.2) is 32.1 Å². The molecule has 2 aromatic heterocycles. The molecule has 0 saturated carbocycles. The van der Waals surface area contributed by atoms with Crippen LogP contribution >= 0.6 is 0 Å². The molecule has 1 N–H and O–H groups in total. The van der Waals surface area contributed by atoms with Gasteiger partial charge in [0.1, 0.15) is 11.8 Å². The van der Waals surface area contributed by atoms with Gasteiger partial charge in [0.2, 0.25) is 5.91 Å². The molecular formula is C18H19N5O3. The third-order valence-electron chi connectivity index (χ3n) is 3.73. The Morgan fingerprint density at radius 1 is 1.23 bits per heavy atom. The Morgan fingerprint density at radius 3 is 2.65 bits per heavy atom. The molecule has 1 atom stereocenters. The van der Waals surface area contributed by atoms with Crippen LogP contribution in [-0.2, 0) is 4.79 Å². The number of hydrogen-bond acceptors (Lipinski definition) is 5. The zero-order valence-corrected chi connectivity index (χ0v) is 14.5. The summed E-state index contributed by atoms with van der Waals surface area (Å²) in [5.74, 6) is 0.833. The second-order valence-electron chi connectivity index (χ2n) is 5.55. The average molecular weight is 353 g/mol. The second kappa shape index (κ2) is 7.64. The molecule has 134 valence electrons. The van der Waals surface area contributed by atoms with E-state index in [0.717, 1.165) is 10.4 Å². The molecule has 3 aromatic rings. The Labute approximate surface area is 150 Å². The Balaban J connectivity index is 1.77. The summed E-state index contributed by atoms with van der Waals surface area (Å²) in [4.78, 5) is 24.6. The third kappa shape index (κ3) is 3.80. The molecule has 0 aliphatic carbocycles. The lowest BCUT2D eigenvalue weighted by Crippen LogP contribution is -2.33. The minimum Gasteiger partial charge on any atom is -0.494 e. The van der Waals surface area contributed by atoms with Crippen LogP contribution in [0.25, 0.3) is 5.82 Å². The normalized spacial score (nSPS) is 11.8. The van der Waals surface area contributed by atoms with Crippen molar-refractivity contribution in [1.82, 2.24) is 19.6 Å². The van der Waals surface area contributed by atoms with Crippen LogP contribution in [0.15, 0.2) is 59.7 Å². The highest BCUT2D eigenvalue weighted by Crippen LogP contribution is 2.17. The van der Waals surface area contributed by atoms with E-state index in [-0.39, 0.29) is 11.5 Å². The molecule has 0 aliphatic rings. The van der Waals surface area contributed by atoms with Gasteiger partial charge in [-0.3, -0.25) is 9.59 Å². The molecule has 0 bridgehead atoms. The van der Waals surface area contributed by atoms with E-state index in [4.69, 9.17) is 4.74 Å².